The van der Waals surface area contributed by atoms with E-state index in [-0.39, 0.29) is 11.5 Å². The van der Waals surface area contributed by atoms with Gasteiger partial charge in [0.2, 0.25) is 0 Å². The Hall–Kier alpha value is -2.53. The van der Waals surface area contributed by atoms with Gasteiger partial charge in [-0.25, -0.2) is 15.0 Å². The lowest BCUT2D eigenvalue weighted by atomic mass is 9.91. The smallest absolute Gasteiger partial charge is 0.239 e. The van der Waals surface area contributed by atoms with E-state index in [1.807, 2.05) is 24.3 Å². The number of benzene rings is 1. The summed E-state index contributed by atoms with van der Waals surface area (Å²) in [7, 11) is 0. The molecule has 0 bridgehead atoms. The summed E-state index contributed by atoms with van der Waals surface area (Å²) in [4.78, 5) is 12.3. The molecular weight excluding hydrogens is 361 g/mol. The molecule has 0 radical (unpaired) electrons. The minimum Gasteiger partial charge on any atom is -0.239 e. The fourth-order valence-electron chi connectivity index (χ4n) is 2.36. The van der Waals surface area contributed by atoms with Gasteiger partial charge in [-0.3, -0.25) is 0 Å². The van der Waals surface area contributed by atoms with Crippen molar-refractivity contribution in [2.45, 2.75) is 38.3 Å². The number of fused-ring (bicyclic) bond motifs is 1. The molecule has 0 fully saturated rings. The SMILES string of the molecule is CC(C)(C)c1cc(C(F)(F)F)nc(C(C#N)c2nc3ccccc3s2)n1. The quantitative estimate of drug-likeness (QED) is 0.627. The predicted octanol–water partition coefficient (Wildman–Crippen LogP) is 5.06. The van der Waals surface area contributed by atoms with Gasteiger partial charge in [-0.2, -0.15) is 18.4 Å². The highest BCUT2D eigenvalue weighted by molar-refractivity contribution is 7.18. The van der Waals surface area contributed by atoms with Gasteiger partial charge in [0.1, 0.15) is 10.7 Å². The summed E-state index contributed by atoms with van der Waals surface area (Å²) in [6.07, 6.45) is -4.62. The monoisotopic (exact) mass is 376 g/mol. The van der Waals surface area contributed by atoms with Crippen molar-refractivity contribution in [3.8, 4) is 6.07 Å². The molecule has 0 saturated carbocycles. The van der Waals surface area contributed by atoms with Crippen molar-refractivity contribution in [3.05, 3.63) is 52.6 Å². The molecule has 0 amide bonds. The molecule has 0 aliphatic carbocycles. The zero-order chi connectivity index (χ0) is 19.1. The van der Waals surface area contributed by atoms with Crippen LogP contribution in [0.1, 0.15) is 48.9 Å². The lowest BCUT2D eigenvalue weighted by Gasteiger charge is -2.20. The molecule has 134 valence electrons. The molecule has 2 heterocycles. The lowest BCUT2D eigenvalue weighted by molar-refractivity contribution is -0.141. The normalized spacial score (nSPS) is 13.6. The van der Waals surface area contributed by atoms with Crippen molar-refractivity contribution in [3.63, 3.8) is 0 Å². The van der Waals surface area contributed by atoms with Crippen LogP contribution in [0.2, 0.25) is 0 Å². The van der Waals surface area contributed by atoms with Crippen LogP contribution in [-0.4, -0.2) is 15.0 Å². The number of nitriles is 1. The first kappa shape index (κ1) is 18.3. The number of hydrogen-bond donors (Lipinski definition) is 0. The van der Waals surface area contributed by atoms with E-state index >= 15 is 0 Å². The molecule has 0 aliphatic rings. The van der Waals surface area contributed by atoms with Crippen LogP contribution in [0.5, 0.6) is 0 Å². The molecule has 8 heteroatoms. The Morgan fingerprint density at radius 2 is 1.69 bits per heavy atom. The van der Waals surface area contributed by atoms with Gasteiger partial charge in [0, 0.05) is 5.41 Å². The maximum absolute atomic E-state index is 13.3. The van der Waals surface area contributed by atoms with Crippen molar-refractivity contribution in [1.29, 1.82) is 5.26 Å². The van der Waals surface area contributed by atoms with E-state index in [9.17, 15) is 18.4 Å². The number of alkyl halides is 3. The molecule has 0 spiro atoms. The highest BCUT2D eigenvalue weighted by Gasteiger charge is 2.36. The van der Waals surface area contributed by atoms with Gasteiger partial charge in [-0.1, -0.05) is 32.9 Å². The van der Waals surface area contributed by atoms with E-state index < -0.39 is 23.2 Å². The summed E-state index contributed by atoms with van der Waals surface area (Å²) in [5, 5.41) is 9.98. The van der Waals surface area contributed by atoms with Crippen molar-refractivity contribution < 1.29 is 13.2 Å². The Morgan fingerprint density at radius 1 is 1.04 bits per heavy atom. The molecule has 0 saturated heterocycles. The van der Waals surface area contributed by atoms with Gasteiger partial charge < -0.3 is 0 Å². The Bertz CT molecular complexity index is 931. The van der Waals surface area contributed by atoms with E-state index in [0.717, 1.165) is 10.8 Å². The zero-order valence-corrected chi connectivity index (χ0v) is 15.1. The molecular formula is C18H15F3N4S. The number of halogens is 3. The lowest BCUT2D eigenvalue weighted by Crippen LogP contribution is -2.21. The Balaban J connectivity index is 2.17. The van der Waals surface area contributed by atoms with Crippen LogP contribution in [0.15, 0.2) is 30.3 Å². The Morgan fingerprint density at radius 3 is 2.27 bits per heavy atom. The number of thiazole rings is 1. The second-order valence-corrected chi connectivity index (χ2v) is 7.89. The molecule has 3 rings (SSSR count). The summed E-state index contributed by atoms with van der Waals surface area (Å²) in [6.45, 7) is 5.29. The minimum atomic E-state index is -4.62. The van der Waals surface area contributed by atoms with Gasteiger partial charge in [0.15, 0.2) is 11.7 Å². The largest absolute Gasteiger partial charge is 0.433 e. The first-order chi connectivity index (χ1) is 12.1. The highest BCUT2D eigenvalue weighted by atomic mass is 32.1. The van der Waals surface area contributed by atoms with Crippen LogP contribution < -0.4 is 0 Å². The minimum absolute atomic E-state index is 0.175. The third-order valence-electron chi connectivity index (χ3n) is 3.75. The number of rotatable bonds is 2. The summed E-state index contributed by atoms with van der Waals surface area (Å²) < 4.78 is 40.7. The molecule has 1 atom stereocenters. The fourth-order valence-corrected chi connectivity index (χ4v) is 3.37. The summed E-state index contributed by atoms with van der Waals surface area (Å²) in [5.41, 5.74) is -0.744. The van der Waals surface area contributed by atoms with E-state index in [4.69, 9.17) is 0 Å². The van der Waals surface area contributed by atoms with Crippen molar-refractivity contribution in [2.24, 2.45) is 0 Å². The van der Waals surface area contributed by atoms with Gasteiger partial charge >= 0.3 is 6.18 Å². The van der Waals surface area contributed by atoms with Gasteiger partial charge in [0.25, 0.3) is 0 Å². The average Bonchev–Trinajstić information content (AvgIpc) is 2.97. The van der Waals surface area contributed by atoms with Crippen LogP contribution in [0.4, 0.5) is 13.2 Å². The number of nitrogens with zero attached hydrogens (tertiary/aromatic N) is 4. The number of aromatic nitrogens is 3. The van der Waals surface area contributed by atoms with Crippen LogP contribution in [-0.2, 0) is 11.6 Å². The fraction of sp³-hybridized carbons (Fsp3) is 0.333. The molecule has 3 aromatic rings. The molecule has 0 aliphatic heterocycles. The van der Waals surface area contributed by atoms with Crippen LogP contribution in [0.25, 0.3) is 10.2 Å². The first-order valence-electron chi connectivity index (χ1n) is 7.81. The Labute approximate surface area is 152 Å². The van der Waals surface area contributed by atoms with E-state index in [1.165, 1.54) is 11.3 Å². The molecule has 4 nitrogen and oxygen atoms in total. The molecule has 26 heavy (non-hydrogen) atoms. The highest BCUT2D eigenvalue weighted by Crippen LogP contribution is 2.34. The second-order valence-electron chi connectivity index (χ2n) is 6.83. The van der Waals surface area contributed by atoms with E-state index in [1.54, 1.807) is 26.8 Å². The topological polar surface area (TPSA) is 62.5 Å². The molecule has 0 N–H and O–H groups in total. The van der Waals surface area contributed by atoms with Crippen molar-refractivity contribution in [1.82, 2.24) is 15.0 Å². The third kappa shape index (κ3) is 3.53. The van der Waals surface area contributed by atoms with Crippen LogP contribution in [0, 0.1) is 11.3 Å². The zero-order valence-electron chi connectivity index (χ0n) is 14.3. The number of hydrogen-bond acceptors (Lipinski definition) is 5. The summed E-state index contributed by atoms with van der Waals surface area (Å²) in [6, 6.07) is 10.2. The van der Waals surface area contributed by atoms with Gasteiger partial charge in [0.05, 0.1) is 22.0 Å². The van der Waals surface area contributed by atoms with Gasteiger partial charge in [-0.05, 0) is 18.2 Å². The molecule has 1 aromatic carbocycles. The molecule has 1 unspecified atom stereocenters. The van der Waals surface area contributed by atoms with Gasteiger partial charge in [-0.15, -0.1) is 11.3 Å². The second kappa shape index (κ2) is 6.32. The summed E-state index contributed by atoms with van der Waals surface area (Å²) >= 11 is 1.26. The van der Waals surface area contributed by atoms with Crippen molar-refractivity contribution >= 4 is 21.6 Å². The number of para-hydroxylation sites is 1. The maximum Gasteiger partial charge on any atom is 0.433 e. The first-order valence-corrected chi connectivity index (χ1v) is 8.63. The third-order valence-corrected chi connectivity index (χ3v) is 4.85. The molecule has 2 aromatic heterocycles. The van der Waals surface area contributed by atoms with E-state index in [2.05, 4.69) is 15.0 Å². The maximum atomic E-state index is 13.3. The average molecular weight is 376 g/mol. The summed E-state index contributed by atoms with van der Waals surface area (Å²) in [5.74, 6) is -1.23. The standard InChI is InChI=1S/C18H15F3N4S/c1-17(2,3)13-8-14(18(19,20)21)25-15(24-13)10(9-22)16-23-11-6-4-5-7-12(11)26-16/h4-8,10H,1-3H3. The van der Waals surface area contributed by atoms with E-state index in [0.29, 0.717) is 10.5 Å². The van der Waals surface area contributed by atoms with Crippen molar-refractivity contribution in [2.75, 3.05) is 0 Å². The predicted molar refractivity (Wildman–Crippen MR) is 92.8 cm³/mol. The van der Waals surface area contributed by atoms with Crippen LogP contribution >= 0.6 is 11.3 Å². The van der Waals surface area contributed by atoms with Crippen LogP contribution in [0.3, 0.4) is 0 Å². The Kier molecular flexibility index (Phi) is 4.44.